The quantitative estimate of drug-likeness (QED) is 0.145. The summed E-state index contributed by atoms with van der Waals surface area (Å²) < 4.78 is 20.5. The van der Waals surface area contributed by atoms with Gasteiger partial charge in [0.15, 0.2) is 0 Å². The third-order valence-electron chi connectivity index (χ3n) is 2.23. The van der Waals surface area contributed by atoms with E-state index in [9.17, 15) is 4.79 Å². The number of carbonyl (C=O) groups excluding carboxylic acids is 1. The van der Waals surface area contributed by atoms with Gasteiger partial charge >= 0.3 is 5.97 Å². The minimum absolute atomic E-state index is 0.197. The predicted octanol–water partition coefficient (Wildman–Crippen LogP) is 2.79. The Morgan fingerprint density at radius 1 is 0.950 bits per heavy atom. The lowest BCUT2D eigenvalue weighted by Crippen LogP contribution is -2.11. The highest BCUT2D eigenvalue weighted by molar-refractivity contribution is 14.2. The number of esters is 1. The third kappa shape index (κ3) is 16.2. The molecule has 20 heavy (non-hydrogen) atoms. The van der Waals surface area contributed by atoms with E-state index in [0.29, 0.717) is 19.4 Å². The van der Waals surface area contributed by atoms with Gasteiger partial charge in [0.1, 0.15) is 12.8 Å². The fraction of sp³-hybridized carbons (Fsp3) is 0.833. The normalized spacial score (nSPS) is 10.4. The average molecular weight is 419 g/mol. The lowest BCUT2D eigenvalue weighted by molar-refractivity contribution is -0.136. The highest BCUT2D eigenvalue weighted by atomic mass is 127. The lowest BCUT2D eigenvalue weighted by atomic mass is 10.3. The van der Waals surface area contributed by atoms with Crippen molar-refractivity contribution in [2.45, 2.75) is 25.7 Å². The lowest BCUT2D eigenvalue weighted by Gasteiger charge is -2.05. The van der Waals surface area contributed by atoms with E-state index < -0.39 is 5.97 Å². The van der Waals surface area contributed by atoms with Crippen molar-refractivity contribution in [3.8, 4) is 0 Å². The van der Waals surface area contributed by atoms with E-state index in [2.05, 4.69) is 25.9 Å². The second-order valence-corrected chi connectivity index (χ2v) is 5.28. The van der Waals surface area contributed by atoms with Gasteiger partial charge in [-0.05, 0) is 25.7 Å². The molecule has 0 amide bonds. The Hall–Kier alpha value is 0.1000. The number of ether oxygens (including phenoxy) is 3. The molecule has 0 saturated heterocycles. The number of halogens is 1. The van der Waals surface area contributed by atoms with Crippen LogP contribution in [0.15, 0.2) is 0 Å². The van der Waals surface area contributed by atoms with E-state index in [-0.39, 0.29) is 6.61 Å². The van der Waals surface area contributed by atoms with Gasteiger partial charge in [-0.2, -0.15) is 0 Å². The Balaban J connectivity index is 2.99. The zero-order chi connectivity index (χ0) is 14.9. The topological polar surface area (TPSA) is 77.8 Å². The molecule has 118 valence electrons. The Labute approximate surface area is 136 Å². The molecule has 0 radical (unpaired) electrons. The highest BCUT2D eigenvalue weighted by Crippen LogP contribution is 2.12. The van der Waals surface area contributed by atoms with Crippen molar-refractivity contribution >= 4 is 42.6 Å². The number of rotatable bonds is 15. The summed E-state index contributed by atoms with van der Waals surface area (Å²) in [6, 6.07) is 0. The molecule has 6 nitrogen and oxygen atoms in total. The van der Waals surface area contributed by atoms with Crippen LogP contribution in [0.3, 0.4) is 0 Å². The molecule has 0 aliphatic carbocycles. The van der Waals surface area contributed by atoms with Crippen molar-refractivity contribution in [1.82, 2.24) is 0 Å². The molecule has 0 heterocycles. The van der Waals surface area contributed by atoms with Crippen LogP contribution in [0.4, 0.5) is 0 Å². The van der Waals surface area contributed by atoms with Gasteiger partial charge in [-0.25, -0.2) is 4.79 Å². The molecule has 0 atom stereocenters. The van der Waals surface area contributed by atoms with Crippen LogP contribution in [0.25, 0.3) is 0 Å². The van der Waals surface area contributed by atoms with Crippen LogP contribution in [0.1, 0.15) is 25.7 Å². The molecule has 0 spiro atoms. The fourth-order valence-electron chi connectivity index (χ4n) is 1.25. The maximum atomic E-state index is 10.6. The van der Waals surface area contributed by atoms with Gasteiger partial charge in [0, 0.05) is 41.0 Å². The van der Waals surface area contributed by atoms with E-state index in [1.807, 2.05) is 0 Å². The smallest absolute Gasteiger partial charge is 0.348 e. The van der Waals surface area contributed by atoms with Gasteiger partial charge < -0.3 is 23.8 Å². The summed E-state index contributed by atoms with van der Waals surface area (Å²) in [4.78, 5) is 10.6. The molecular weight excluding hydrogens is 397 g/mol. The van der Waals surface area contributed by atoms with Crippen molar-refractivity contribution in [2.24, 2.45) is 0 Å². The standard InChI is InChI=1S/C12H22INO5S/c13-20-19-8-4-3-6-16-5-1-2-7-17-9-10-18-12(15)11-14/h11,14H,1-10H2. The Kier molecular flexibility index (Phi) is 17.2. The van der Waals surface area contributed by atoms with E-state index in [0.717, 1.165) is 45.5 Å². The summed E-state index contributed by atoms with van der Waals surface area (Å²) in [6.45, 7) is 3.49. The van der Waals surface area contributed by atoms with Gasteiger partial charge in [-0.1, -0.05) is 0 Å². The van der Waals surface area contributed by atoms with Crippen molar-refractivity contribution in [1.29, 1.82) is 5.41 Å². The van der Waals surface area contributed by atoms with Crippen molar-refractivity contribution in [3.05, 3.63) is 0 Å². The van der Waals surface area contributed by atoms with Gasteiger partial charge in [0.05, 0.1) is 22.4 Å². The molecule has 0 bridgehead atoms. The minimum Gasteiger partial charge on any atom is -0.459 e. The van der Waals surface area contributed by atoms with Crippen LogP contribution < -0.4 is 0 Å². The number of nitrogens with one attached hydrogen (secondary N) is 1. The molecule has 8 heteroatoms. The van der Waals surface area contributed by atoms with Gasteiger partial charge in [0.2, 0.25) is 0 Å². The number of unbranched alkanes of at least 4 members (excludes halogenated alkanes) is 2. The van der Waals surface area contributed by atoms with Crippen molar-refractivity contribution in [2.75, 3.05) is 39.6 Å². The summed E-state index contributed by atoms with van der Waals surface area (Å²) in [6.07, 6.45) is 4.57. The van der Waals surface area contributed by atoms with Gasteiger partial charge in [-0.3, -0.25) is 0 Å². The summed E-state index contributed by atoms with van der Waals surface area (Å²) in [5, 5.41) is 6.62. The van der Waals surface area contributed by atoms with Crippen molar-refractivity contribution in [3.63, 3.8) is 0 Å². The number of carbonyl (C=O) groups is 1. The second kappa shape index (κ2) is 17.2. The number of hydrogen-bond acceptors (Lipinski definition) is 7. The first-order valence-electron chi connectivity index (χ1n) is 6.54. The number of hydrogen-bond donors (Lipinski definition) is 1. The Morgan fingerprint density at radius 2 is 1.50 bits per heavy atom. The molecule has 0 aromatic rings. The molecule has 0 rings (SSSR count). The zero-order valence-electron chi connectivity index (χ0n) is 11.5. The van der Waals surface area contributed by atoms with Crippen LogP contribution in [-0.2, 0) is 23.2 Å². The monoisotopic (exact) mass is 419 g/mol. The highest BCUT2D eigenvalue weighted by Gasteiger charge is 1.96. The first-order chi connectivity index (χ1) is 9.81. The van der Waals surface area contributed by atoms with Gasteiger partial charge in [-0.15, -0.1) is 0 Å². The summed E-state index contributed by atoms with van der Waals surface area (Å²) >= 11 is 2.10. The van der Waals surface area contributed by atoms with E-state index in [1.165, 1.54) is 9.21 Å². The first-order valence-corrected chi connectivity index (χ1v) is 9.82. The predicted molar refractivity (Wildman–Crippen MR) is 87.4 cm³/mol. The van der Waals surface area contributed by atoms with E-state index in [4.69, 9.17) is 19.1 Å². The van der Waals surface area contributed by atoms with Crippen LogP contribution >= 0.6 is 30.4 Å². The largest absolute Gasteiger partial charge is 0.459 e. The zero-order valence-corrected chi connectivity index (χ0v) is 14.4. The molecule has 0 aromatic heterocycles. The molecular formula is C12H22INO5S. The summed E-state index contributed by atoms with van der Waals surface area (Å²) in [7, 11) is 1.36. The SMILES string of the molecule is N=CC(=O)OCCOCCCCOCCCCOSI. The molecule has 0 aromatic carbocycles. The maximum Gasteiger partial charge on any atom is 0.348 e. The average Bonchev–Trinajstić information content (AvgIpc) is 2.47. The molecule has 0 aliphatic heterocycles. The van der Waals surface area contributed by atoms with Crippen LogP contribution in [0.5, 0.6) is 0 Å². The molecule has 1 N–H and O–H groups in total. The molecule has 0 fully saturated rings. The van der Waals surface area contributed by atoms with E-state index >= 15 is 0 Å². The van der Waals surface area contributed by atoms with Crippen molar-refractivity contribution < 1.29 is 23.2 Å². The van der Waals surface area contributed by atoms with Gasteiger partial charge in [0.25, 0.3) is 0 Å². The molecule has 0 saturated carbocycles. The van der Waals surface area contributed by atoms with Crippen LogP contribution in [0.2, 0.25) is 0 Å². The third-order valence-corrected chi connectivity index (χ3v) is 3.25. The van der Waals surface area contributed by atoms with Crippen LogP contribution in [-0.4, -0.2) is 51.8 Å². The summed E-state index contributed by atoms with van der Waals surface area (Å²) in [5.74, 6) is -0.635. The van der Waals surface area contributed by atoms with E-state index in [1.54, 1.807) is 0 Å². The Morgan fingerprint density at radius 3 is 2.05 bits per heavy atom. The maximum absolute atomic E-state index is 10.6. The first kappa shape index (κ1) is 20.1. The van der Waals surface area contributed by atoms with Crippen LogP contribution in [0, 0.1) is 5.41 Å². The Bertz CT molecular complexity index is 246. The summed E-state index contributed by atoms with van der Waals surface area (Å²) in [5.41, 5.74) is 0. The minimum atomic E-state index is -0.635. The fourth-order valence-corrected chi connectivity index (χ4v) is 1.97. The molecule has 0 aliphatic rings. The molecule has 0 unspecified atom stereocenters. The second-order valence-electron chi connectivity index (χ2n) is 3.84.